The van der Waals surface area contributed by atoms with Gasteiger partial charge in [0, 0.05) is 43.0 Å². The molecule has 0 amide bonds. The predicted molar refractivity (Wildman–Crippen MR) is 123 cm³/mol. The molecule has 1 aromatic carbocycles. The van der Waals surface area contributed by atoms with Gasteiger partial charge in [0.1, 0.15) is 23.3 Å². The molecule has 0 spiro atoms. The molecule has 5 nitrogen and oxygen atoms in total. The molecule has 9 heteroatoms. The standard InChI is InChI=1S/C26H27F4N3O2/c1-16(13-32-15-23(24(34)26(28,29)30)22-3-2-10-31-25(22)32)14-33-18-6-7-19(33)12-21(11-18)35-20-8-4-17(27)5-9-20/h2-5,8-10,15-16,18-19,21H,6-7,11-14H2,1H3. The van der Waals surface area contributed by atoms with Crippen LogP contribution in [0.4, 0.5) is 17.6 Å². The zero-order valence-electron chi connectivity index (χ0n) is 19.3. The highest BCUT2D eigenvalue weighted by molar-refractivity contribution is 6.10. The first-order valence-electron chi connectivity index (χ1n) is 11.9. The first-order valence-corrected chi connectivity index (χ1v) is 11.9. The Morgan fingerprint density at radius 2 is 1.80 bits per heavy atom. The van der Waals surface area contributed by atoms with Gasteiger partial charge >= 0.3 is 6.18 Å². The maximum absolute atomic E-state index is 13.2. The van der Waals surface area contributed by atoms with E-state index in [-0.39, 0.29) is 28.8 Å². The van der Waals surface area contributed by atoms with Crippen molar-refractivity contribution in [1.29, 1.82) is 0 Å². The molecule has 2 aromatic heterocycles. The van der Waals surface area contributed by atoms with E-state index in [2.05, 4.69) is 16.8 Å². The van der Waals surface area contributed by atoms with Gasteiger partial charge in [-0.1, -0.05) is 6.92 Å². The van der Waals surface area contributed by atoms with Gasteiger partial charge in [0.15, 0.2) is 0 Å². The van der Waals surface area contributed by atoms with Crippen molar-refractivity contribution < 1.29 is 27.1 Å². The summed E-state index contributed by atoms with van der Waals surface area (Å²) in [6.45, 7) is 3.33. The lowest BCUT2D eigenvalue weighted by molar-refractivity contribution is -0.0884. The summed E-state index contributed by atoms with van der Waals surface area (Å²) in [6.07, 6.45) is 1.91. The number of ketones is 1. The third-order valence-corrected chi connectivity index (χ3v) is 7.12. The van der Waals surface area contributed by atoms with E-state index in [0.29, 0.717) is 30.0 Å². The van der Waals surface area contributed by atoms with E-state index in [1.807, 2.05) is 0 Å². The molecule has 2 fully saturated rings. The lowest BCUT2D eigenvalue weighted by Crippen LogP contribution is -2.48. The number of hydrogen-bond donors (Lipinski definition) is 0. The van der Waals surface area contributed by atoms with E-state index in [1.165, 1.54) is 30.6 Å². The summed E-state index contributed by atoms with van der Waals surface area (Å²) < 4.78 is 60.3. The molecule has 0 aliphatic carbocycles. The number of piperidine rings is 1. The molecule has 2 saturated heterocycles. The molecule has 2 bridgehead atoms. The molecule has 0 saturated carbocycles. The number of benzene rings is 1. The normalized spacial score (nSPS) is 23.5. The van der Waals surface area contributed by atoms with Crippen LogP contribution in [0.3, 0.4) is 0 Å². The molecule has 3 unspecified atom stereocenters. The lowest BCUT2D eigenvalue weighted by Gasteiger charge is -2.40. The van der Waals surface area contributed by atoms with Crippen molar-refractivity contribution in [1.82, 2.24) is 14.5 Å². The second kappa shape index (κ2) is 9.26. The molecule has 3 aromatic rings. The van der Waals surface area contributed by atoms with E-state index in [1.54, 1.807) is 22.8 Å². The quantitative estimate of drug-likeness (QED) is 0.319. The van der Waals surface area contributed by atoms with Crippen LogP contribution in [0.2, 0.25) is 0 Å². The van der Waals surface area contributed by atoms with Gasteiger partial charge in [-0.2, -0.15) is 13.2 Å². The van der Waals surface area contributed by atoms with Crippen molar-refractivity contribution in [2.45, 2.75) is 63.5 Å². The molecular formula is C26H27F4N3O2. The predicted octanol–water partition coefficient (Wildman–Crippen LogP) is 5.63. The number of hydrogen-bond acceptors (Lipinski definition) is 4. The first kappa shape index (κ1) is 23.8. The number of alkyl halides is 3. The van der Waals surface area contributed by atoms with E-state index in [0.717, 1.165) is 32.2 Å². The van der Waals surface area contributed by atoms with E-state index < -0.39 is 12.0 Å². The minimum absolute atomic E-state index is 0.0815. The molecule has 3 atom stereocenters. The zero-order chi connectivity index (χ0) is 24.7. The smallest absolute Gasteiger partial charge is 0.454 e. The van der Waals surface area contributed by atoms with Gasteiger partial charge in [-0.25, -0.2) is 9.37 Å². The van der Waals surface area contributed by atoms with E-state index in [4.69, 9.17) is 4.74 Å². The third kappa shape index (κ3) is 4.91. The van der Waals surface area contributed by atoms with Crippen molar-refractivity contribution in [3.63, 3.8) is 0 Å². The third-order valence-electron chi connectivity index (χ3n) is 7.12. The van der Waals surface area contributed by atoms with Crippen molar-refractivity contribution in [2.75, 3.05) is 6.54 Å². The highest BCUT2D eigenvalue weighted by Gasteiger charge is 2.43. The Morgan fingerprint density at radius 3 is 2.46 bits per heavy atom. The number of ether oxygens (including phenoxy) is 1. The van der Waals surface area contributed by atoms with Crippen LogP contribution in [-0.2, 0) is 6.54 Å². The van der Waals surface area contributed by atoms with Crippen LogP contribution in [0.15, 0.2) is 48.8 Å². The van der Waals surface area contributed by atoms with Gasteiger partial charge in [-0.05, 0) is 68.0 Å². The summed E-state index contributed by atoms with van der Waals surface area (Å²) >= 11 is 0. The van der Waals surface area contributed by atoms with Crippen LogP contribution in [0.5, 0.6) is 5.75 Å². The fourth-order valence-electron chi connectivity index (χ4n) is 5.67. The highest BCUT2D eigenvalue weighted by atomic mass is 19.4. The van der Waals surface area contributed by atoms with Gasteiger partial charge in [0.2, 0.25) is 0 Å². The SMILES string of the molecule is CC(CN1C2CCC1CC(Oc1ccc(F)cc1)C2)Cn1cc(C(=O)C(F)(F)F)c2cccnc21. The fourth-order valence-corrected chi connectivity index (χ4v) is 5.67. The Labute approximate surface area is 200 Å². The number of Topliss-reactive ketones (excluding diaryl/α,β-unsaturated/α-hetero) is 1. The van der Waals surface area contributed by atoms with Crippen LogP contribution in [0, 0.1) is 11.7 Å². The average Bonchev–Trinajstić information content (AvgIpc) is 3.27. The zero-order valence-corrected chi connectivity index (χ0v) is 19.3. The van der Waals surface area contributed by atoms with Crippen LogP contribution < -0.4 is 4.74 Å². The Bertz CT molecular complexity index is 1190. The van der Waals surface area contributed by atoms with Crippen molar-refractivity contribution in [3.05, 3.63) is 60.2 Å². The summed E-state index contributed by atoms with van der Waals surface area (Å²) in [5, 5.41) is 0.223. The molecule has 35 heavy (non-hydrogen) atoms. The monoisotopic (exact) mass is 489 g/mol. The fraction of sp³-hybridized carbons (Fsp3) is 0.462. The number of carbonyl (C=O) groups excluding carboxylic acids is 1. The van der Waals surface area contributed by atoms with E-state index >= 15 is 0 Å². The summed E-state index contributed by atoms with van der Waals surface area (Å²) in [5.41, 5.74) is 0.0351. The van der Waals surface area contributed by atoms with Crippen molar-refractivity contribution in [3.8, 4) is 5.75 Å². The number of pyridine rings is 1. The number of fused-ring (bicyclic) bond motifs is 3. The van der Waals surface area contributed by atoms with Gasteiger partial charge in [0.25, 0.3) is 5.78 Å². The number of carbonyl (C=O) groups is 1. The van der Waals surface area contributed by atoms with Crippen LogP contribution in [-0.4, -0.2) is 51.1 Å². The van der Waals surface area contributed by atoms with Crippen LogP contribution in [0.25, 0.3) is 11.0 Å². The van der Waals surface area contributed by atoms with E-state index in [9.17, 15) is 22.4 Å². The maximum atomic E-state index is 13.2. The second-order valence-electron chi connectivity index (χ2n) is 9.75. The maximum Gasteiger partial charge on any atom is 0.454 e. The number of rotatable bonds is 7. The van der Waals surface area contributed by atoms with Gasteiger partial charge < -0.3 is 9.30 Å². The van der Waals surface area contributed by atoms with Crippen molar-refractivity contribution in [2.24, 2.45) is 5.92 Å². The molecule has 2 aliphatic heterocycles. The molecule has 5 rings (SSSR count). The molecular weight excluding hydrogens is 462 g/mol. The van der Waals surface area contributed by atoms with Crippen LogP contribution >= 0.6 is 0 Å². The first-order chi connectivity index (χ1) is 16.7. The Hall–Kier alpha value is -2.94. The summed E-state index contributed by atoms with van der Waals surface area (Å²) in [7, 11) is 0. The minimum Gasteiger partial charge on any atom is -0.490 e. The Morgan fingerprint density at radius 1 is 1.11 bits per heavy atom. The minimum atomic E-state index is -4.93. The van der Waals surface area contributed by atoms with Crippen molar-refractivity contribution >= 4 is 16.8 Å². The summed E-state index contributed by atoms with van der Waals surface area (Å²) in [6, 6.07) is 9.90. The molecule has 4 heterocycles. The Balaban J connectivity index is 1.25. The summed E-state index contributed by atoms with van der Waals surface area (Å²) in [4.78, 5) is 18.7. The number of halogens is 4. The highest BCUT2D eigenvalue weighted by Crippen LogP contribution is 2.38. The Kier molecular flexibility index (Phi) is 6.29. The lowest BCUT2D eigenvalue weighted by atomic mass is 9.97. The number of aromatic nitrogens is 2. The average molecular weight is 490 g/mol. The molecule has 0 N–H and O–H groups in total. The van der Waals surface area contributed by atoms with Crippen LogP contribution in [0.1, 0.15) is 43.0 Å². The van der Waals surface area contributed by atoms with Gasteiger partial charge in [0.05, 0.1) is 5.56 Å². The molecule has 2 aliphatic rings. The van der Waals surface area contributed by atoms with Gasteiger partial charge in [-0.3, -0.25) is 9.69 Å². The largest absolute Gasteiger partial charge is 0.490 e. The second-order valence-corrected chi connectivity index (χ2v) is 9.75. The van der Waals surface area contributed by atoms with Gasteiger partial charge in [-0.15, -0.1) is 0 Å². The topological polar surface area (TPSA) is 47.4 Å². The summed E-state index contributed by atoms with van der Waals surface area (Å²) in [5.74, 6) is -1.32. The molecule has 186 valence electrons. The molecule has 0 radical (unpaired) electrons. The number of nitrogens with zero attached hydrogens (tertiary/aromatic N) is 3.